The summed E-state index contributed by atoms with van der Waals surface area (Å²) >= 11 is 7.36. The van der Waals surface area contributed by atoms with E-state index in [4.69, 9.17) is 11.6 Å². The molecule has 1 fully saturated rings. The van der Waals surface area contributed by atoms with Crippen LogP contribution in [0.15, 0.2) is 71.2 Å². The number of benzene rings is 2. The summed E-state index contributed by atoms with van der Waals surface area (Å²) in [7, 11) is -3.71. The Bertz CT molecular complexity index is 1410. The summed E-state index contributed by atoms with van der Waals surface area (Å²) in [4.78, 5) is 19.2. The topological polar surface area (TPSA) is 84.3 Å². The molecule has 1 aliphatic heterocycles. The van der Waals surface area contributed by atoms with Crippen LogP contribution < -0.4 is 4.72 Å². The van der Waals surface area contributed by atoms with Crippen LogP contribution in [0.2, 0.25) is 5.02 Å². The largest absolute Gasteiger partial charge is 0.338 e. The van der Waals surface area contributed by atoms with Gasteiger partial charge in [0, 0.05) is 36.3 Å². The summed E-state index contributed by atoms with van der Waals surface area (Å²) in [5.74, 6) is 0.0251. The van der Waals surface area contributed by atoms with Crippen molar-refractivity contribution >= 4 is 54.9 Å². The van der Waals surface area contributed by atoms with Crippen LogP contribution in [0, 0.1) is 0 Å². The van der Waals surface area contributed by atoms with Crippen molar-refractivity contribution in [1.29, 1.82) is 0 Å². The quantitative estimate of drug-likeness (QED) is 0.394. The fraction of sp³-hybridized carbons (Fsp3) is 0.217. The number of amides is 1. The van der Waals surface area contributed by atoms with Crippen LogP contribution in [0.5, 0.6) is 0 Å². The monoisotopic (exact) mass is 502 g/mol. The van der Waals surface area contributed by atoms with Crippen LogP contribution in [-0.4, -0.2) is 35.3 Å². The molecule has 4 aromatic rings. The minimum atomic E-state index is -3.71. The molecule has 3 heterocycles. The number of carbonyl (C=O) groups is 1. The number of thiazole rings is 1. The second-order valence-corrected chi connectivity index (χ2v) is 10.9. The van der Waals surface area contributed by atoms with Gasteiger partial charge in [-0.2, -0.15) is 0 Å². The SMILES string of the molecule is O=C(Cn1ccc2ccc(Cl)cc21)N1CCCC1c1ccc(S(=O)(=O)Nc2nccs2)cc1.[HH]. The van der Waals surface area contributed by atoms with Crippen LogP contribution in [0.1, 0.15) is 25.9 Å². The summed E-state index contributed by atoms with van der Waals surface area (Å²) < 4.78 is 29.6. The van der Waals surface area contributed by atoms with Crippen molar-refractivity contribution in [2.24, 2.45) is 0 Å². The van der Waals surface area contributed by atoms with Crippen LogP contribution in [0.4, 0.5) is 5.13 Å². The molecular formula is C23H23ClN4O3S2. The molecule has 1 saturated heterocycles. The molecule has 10 heteroatoms. The lowest BCUT2D eigenvalue weighted by atomic mass is 10.0. The van der Waals surface area contributed by atoms with Crippen molar-refractivity contribution in [3.05, 3.63) is 76.9 Å². The average molecular weight is 503 g/mol. The van der Waals surface area contributed by atoms with Gasteiger partial charge in [-0.1, -0.05) is 29.8 Å². The Morgan fingerprint density at radius 1 is 1.21 bits per heavy atom. The minimum Gasteiger partial charge on any atom is -0.338 e. The molecule has 33 heavy (non-hydrogen) atoms. The Labute approximate surface area is 202 Å². The van der Waals surface area contributed by atoms with E-state index in [2.05, 4.69) is 9.71 Å². The number of sulfonamides is 1. The number of aromatic nitrogens is 2. The number of halogens is 1. The molecule has 5 rings (SSSR count). The van der Waals surface area contributed by atoms with Gasteiger partial charge in [0.25, 0.3) is 10.0 Å². The van der Waals surface area contributed by atoms with Gasteiger partial charge in [-0.15, -0.1) is 11.3 Å². The highest BCUT2D eigenvalue weighted by molar-refractivity contribution is 7.93. The lowest BCUT2D eigenvalue weighted by Gasteiger charge is -2.25. The van der Waals surface area contributed by atoms with Crippen LogP contribution in [0.25, 0.3) is 10.9 Å². The first-order valence-corrected chi connectivity index (χ1v) is 13.2. The molecular weight excluding hydrogens is 480 g/mol. The Kier molecular flexibility index (Phi) is 5.86. The number of hydrogen-bond acceptors (Lipinski definition) is 5. The zero-order valence-corrected chi connectivity index (χ0v) is 19.9. The number of hydrogen-bond donors (Lipinski definition) is 1. The Morgan fingerprint density at radius 3 is 2.79 bits per heavy atom. The first-order valence-electron chi connectivity index (χ1n) is 10.5. The van der Waals surface area contributed by atoms with E-state index in [-0.39, 0.29) is 24.8 Å². The van der Waals surface area contributed by atoms with Gasteiger partial charge in [-0.25, -0.2) is 13.4 Å². The zero-order valence-electron chi connectivity index (χ0n) is 17.5. The lowest BCUT2D eigenvalue weighted by Crippen LogP contribution is -2.33. The first-order chi connectivity index (χ1) is 15.9. The maximum Gasteiger partial charge on any atom is 0.263 e. The smallest absolute Gasteiger partial charge is 0.263 e. The van der Waals surface area contributed by atoms with E-state index in [9.17, 15) is 13.2 Å². The number of fused-ring (bicyclic) bond motifs is 1. The molecule has 0 spiro atoms. The minimum absolute atomic E-state index is 0. The van der Waals surface area contributed by atoms with Gasteiger partial charge < -0.3 is 9.47 Å². The van der Waals surface area contributed by atoms with E-state index >= 15 is 0 Å². The van der Waals surface area contributed by atoms with Crippen LogP contribution in [0.3, 0.4) is 0 Å². The van der Waals surface area contributed by atoms with E-state index < -0.39 is 10.0 Å². The number of nitrogens with one attached hydrogen (secondary N) is 1. The summed E-state index contributed by atoms with van der Waals surface area (Å²) in [6, 6.07) is 14.3. The van der Waals surface area contributed by atoms with Gasteiger partial charge >= 0.3 is 0 Å². The summed E-state index contributed by atoms with van der Waals surface area (Å²) in [6.45, 7) is 0.902. The highest BCUT2D eigenvalue weighted by atomic mass is 35.5. The summed E-state index contributed by atoms with van der Waals surface area (Å²) in [5, 5.41) is 3.70. The number of anilines is 1. The third-order valence-electron chi connectivity index (χ3n) is 5.84. The molecule has 1 amide bonds. The number of rotatable bonds is 6. The lowest BCUT2D eigenvalue weighted by molar-refractivity contribution is -0.132. The van der Waals surface area contributed by atoms with Crippen molar-refractivity contribution in [1.82, 2.24) is 14.5 Å². The Morgan fingerprint density at radius 2 is 2.03 bits per heavy atom. The van der Waals surface area contributed by atoms with E-state index in [0.29, 0.717) is 16.7 Å². The van der Waals surface area contributed by atoms with Gasteiger partial charge in [0.1, 0.15) is 6.54 Å². The van der Waals surface area contributed by atoms with E-state index in [1.54, 1.807) is 35.8 Å². The second kappa shape index (κ2) is 8.81. The molecule has 0 bridgehead atoms. The van der Waals surface area contributed by atoms with E-state index in [1.807, 2.05) is 39.9 Å². The van der Waals surface area contributed by atoms with Gasteiger partial charge in [-0.05, 0) is 54.1 Å². The number of nitrogens with zero attached hydrogens (tertiary/aromatic N) is 3. The van der Waals surface area contributed by atoms with Crippen molar-refractivity contribution in [2.45, 2.75) is 30.3 Å². The average Bonchev–Trinajstić information content (AvgIpc) is 3.55. The predicted octanol–water partition coefficient (Wildman–Crippen LogP) is 5.16. The summed E-state index contributed by atoms with van der Waals surface area (Å²) in [5.41, 5.74) is 1.85. The molecule has 2 aromatic carbocycles. The van der Waals surface area contributed by atoms with Gasteiger partial charge in [-0.3, -0.25) is 9.52 Å². The first kappa shape index (κ1) is 21.9. The maximum absolute atomic E-state index is 13.2. The molecule has 172 valence electrons. The zero-order chi connectivity index (χ0) is 23.0. The molecule has 0 aliphatic carbocycles. The van der Waals surface area contributed by atoms with E-state index in [0.717, 1.165) is 29.3 Å². The fourth-order valence-electron chi connectivity index (χ4n) is 4.26. The third-order valence-corrected chi connectivity index (χ3v) is 8.25. The van der Waals surface area contributed by atoms with Crippen LogP contribution in [-0.2, 0) is 21.4 Å². The molecule has 7 nitrogen and oxygen atoms in total. The molecule has 1 unspecified atom stereocenters. The van der Waals surface area contributed by atoms with Crippen molar-refractivity contribution in [3.63, 3.8) is 0 Å². The fourth-order valence-corrected chi connectivity index (χ4v) is 6.22. The van der Waals surface area contributed by atoms with Gasteiger partial charge in [0.15, 0.2) is 5.13 Å². The highest BCUT2D eigenvalue weighted by Gasteiger charge is 2.30. The third kappa shape index (κ3) is 4.48. The maximum atomic E-state index is 13.2. The Hall–Kier alpha value is -2.88. The molecule has 0 radical (unpaired) electrons. The van der Waals surface area contributed by atoms with Crippen molar-refractivity contribution < 1.29 is 14.6 Å². The van der Waals surface area contributed by atoms with Gasteiger partial charge in [0.05, 0.1) is 10.9 Å². The molecule has 0 saturated carbocycles. The molecule has 1 atom stereocenters. The number of likely N-dealkylation sites (tertiary alicyclic amines) is 1. The van der Waals surface area contributed by atoms with Crippen molar-refractivity contribution in [2.75, 3.05) is 11.3 Å². The highest BCUT2D eigenvalue weighted by Crippen LogP contribution is 2.33. The Balaban J connectivity index is 0.00000274. The van der Waals surface area contributed by atoms with Crippen LogP contribution >= 0.6 is 22.9 Å². The standard InChI is InChI=1S/C23H21ClN4O3S2.H2/c24-18-6-3-17-9-12-27(21(17)14-18)15-22(29)28-11-1-2-20(28)16-4-7-19(8-5-16)33(30,31)26-23-25-10-13-32-23;/h3-10,12-14,20H,1-2,11,15H2,(H,25,26);1H. The predicted molar refractivity (Wildman–Crippen MR) is 132 cm³/mol. The summed E-state index contributed by atoms with van der Waals surface area (Å²) in [6.07, 6.45) is 5.19. The molecule has 1 N–H and O–H groups in total. The number of carbonyl (C=O) groups excluding carboxylic acids is 1. The van der Waals surface area contributed by atoms with Gasteiger partial charge in [0.2, 0.25) is 5.91 Å². The normalized spacial score (nSPS) is 16.4. The van der Waals surface area contributed by atoms with Crippen molar-refractivity contribution in [3.8, 4) is 0 Å². The molecule has 1 aliphatic rings. The van der Waals surface area contributed by atoms with E-state index in [1.165, 1.54) is 11.3 Å². The molecule has 2 aromatic heterocycles. The second-order valence-electron chi connectivity index (χ2n) is 7.90.